The van der Waals surface area contributed by atoms with E-state index in [1.165, 1.54) is 0 Å². The second kappa shape index (κ2) is 5.82. The summed E-state index contributed by atoms with van der Waals surface area (Å²) in [5, 5.41) is 6.96. The van der Waals surface area contributed by atoms with Gasteiger partial charge in [-0.2, -0.15) is 0 Å². The second-order valence-electron chi connectivity index (χ2n) is 3.99. The van der Waals surface area contributed by atoms with Crippen LogP contribution in [0.4, 0.5) is 5.13 Å². The molecule has 2 rings (SSSR count). The van der Waals surface area contributed by atoms with E-state index in [0.29, 0.717) is 12.1 Å². The molecule has 0 saturated carbocycles. The van der Waals surface area contributed by atoms with Crippen LogP contribution < -0.4 is 10.6 Å². The number of carbonyl (C=O) groups excluding carboxylic acids is 1. The third-order valence-corrected chi connectivity index (χ3v) is 3.49. The van der Waals surface area contributed by atoms with Crippen LogP contribution in [0.15, 0.2) is 18.2 Å². The Hall–Kier alpha value is -1.62. The lowest BCUT2D eigenvalue weighted by Crippen LogP contribution is -2.23. The first-order chi connectivity index (χ1) is 8.74. The molecule has 0 fully saturated rings. The van der Waals surface area contributed by atoms with Gasteiger partial charge >= 0.3 is 0 Å². The lowest BCUT2D eigenvalue weighted by Gasteiger charge is -2.02. The first-order valence-corrected chi connectivity index (χ1v) is 6.99. The van der Waals surface area contributed by atoms with Crippen LogP contribution in [0, 0.1) is 0 Å². The van der Waals surface area contributed by atoms with E-state index in [4.69, 9.17) is 0 Å². The van der Waals surface area contributed by atoms with Crippen molar-refractivity contribution < 1.29 is 4.79 Å². The highest BCUT2D eigenvalue weighted by Crippen LogP contribution is 2.26. The summed E-state index contributed by atoms with van der Waals surface area (Å²) in [6, 6.07) is 5.62. The maximum atomic E-state index is 11.8. The molecule has 0 atom stereocenters. The Morgan fingerprint density at radius 1 is 1.39 bits per heavy atom. The molecule has 0 aliphatic carbocycles. The predicted molar refractivity (Wildman–Crippen MR) is 76.4 cm³/mol. The van der Waals surface area contributed by atoms with Gasteiger partial charge in [0.05, 0.1) is 10.2 Å². The van der Waals surface area contributed by atoms with Gasteiger partial charge in [-0.3, -0.25) is 4.79 Å². The molecule has 1 aromatic heterocycles. The van der Waals surface area contributed by atoms with Crippen LogP contribution in [0.2, 0.25) is 0 Å². The number of amides is 1. The smallest absolute Gasteiger partial charge is 0.251 e. The SMILES string of the molecule is CCCNC(=O)c1ccc2nc(NCC)sc2c1. The highest BCUT2D eigenvalue weighted by Gasteiger charge is 2.08. The van der Waals surface area contributed by atoms with E-state index < -0.39 is 0 Å². The van der Waals surface area contributed by atoms with Crippen molar-refractivity contribution in [3.8, 4) is 0 Å². The van der Waals surface area contributed by atoms with Gasteiger partial charge in [0.15, 0.2) is 5.13 Å². The summed E-state index contributed by atoms with van der Waals surface area (Å²) in [5.74, 6) is -0.0165. The molecule has 0 spiro atoms. The molecule has 1 aromatic carbocycles. The van der Waals surface area contributed by atoms with E-state index in [1.807, 2.05) is 32.0 Å². The van der Waals surface area contributed by atoms with Crippen molar-refractivity contribution in [1.82, 2.24) is 10.3 Å². The van der Waals surface area contributed by atoms with Gasteiger partial charge in [-0.05, 0) is 31.5 Å². The number of thiazole rings is 1. The summed E-state index contributed by atoms with van der Waals surface area (Å²) in [7, 11) is 0. The number of rotatable bonds is 5. The summed E-state index contributed by atoms with van der Waals surface area (Å²) < 4.78 is 1.04. The zero-order valence-electron chi connectivity index (χ0n) is 10.6. The van der Waals surface area contributed by atoms with Crippen molar-refractivity contribution in [3.05, 3.63) is 23.8 Å². The Morgan fingerprint density at radius 3 is 2.94 bits per heavy atom. The van der Waals surface area contributed by atoms with Crippen LogP contribution in [0.5, 0.6) is 0 Å². The van der Waals surface area contributed by atoms with Crippen LogP contribution in [0.1, 0.15) is 30.6 Å². The average Bonchev–Trinajstić information content (AvgIpc) is 2.77. The van der Waals surface area contributed by atoms with Gasteiger partial charge in [-0.1, -0.05) is 18.3 Å². The normalized spacial score (nSPS) is 10.6. The van der Waals surface area contributed by atoms with Gasteiger partial charge in [0.25, 0.3) is 5.91 Å². The zero-order valence-corrected chi connectivity index (χ0v) is 11.4. The molecule has 18 heavy (non-hydrogen) atoms. The monoisotopic (exact) mass is 263 g/mol. The van der Waals surface area contributed by atoms with Gasteiger partial charge in [0.1, 0.15) is 0 Å². The Kier molecular flexibility index (Phi) is 4.15. The molecule has 0 bridgehead atoms. The molecule has 0 aliphatic rings. The first-order valence-electron chi connectivity index (χ1n) is 6.17. The molecule has 0 unspecified atom stereocenters. The lowest BCUT2D eigenvalue weighted by atomic mass is 10.2. The number of nitrogens with one attached hydrogen (secondary N) is 2. The van der Waals surface area contributed by atoms with Crippen LogP contribution in [-0.4, -0.2) is 24.0 Å². The van der Waals surface area contributed by atoms with Gasteiger partial charge in [0.2, 0.25) is 0 Å². The third-order valence-electron chi connectivity index (χ3n) is 2.51. The number of hydrogen-bond acceptors (Lipinski definition) is 4. The van der Waals surface area contributed by atoms with E-state index in [1.54, 1.807) is 11.3 Å². The Morgan fingerprint density at radius 2 is 2.22 bits per heavy atom. The van der Waals surface area contributed by atoms with Gasteiger partial charge in [-0.25, -0.2) is 4.98 Å². The van der Waals surface area contributed by atoms with Gasteiger partial charge < -0.3 is 10.6 Å². The summed E-state index contributed by atoms with van der Waals surface area (Å²) in [5.41, 5.74) is 1.63. The van der Waals surface area contributed by atoms with Crippen LogP contribution in [0.3, 0.4) is 0 Å². The summed E-state index contributed by atoms with van der Waals surface area (Å²) >= 11 is 1.58. The van der Waals surface area contributed by atoms with Crippen molar-refractivity contribution >= 4 is 32.6 Å². The van der Waals surface area contributed by atoms with Crippen molar-refractivity contribution in [2.75, 3.05) is 18.4 Å². The number of hydrogen-bond donors (Lipinski definition) is 2. The fourth-order valence-corrected chi connectivity index (χ4v) is 2.61. The third kappa shape index (κ3) is 2.79. The molecule has 0 radical (unpaired) electrons. The van der Waals surface area contributed by atoms with Crippen molar-refractivity contribution in [1.29, 1.82) is 0 Å². The van der Waals surface area contributed by atoms with E-state index >= 15 is 0 Å². The van der Waals surface area contributed by atoms with E-state index in [2.05, 4.69) is 15.6 Å². The van der Waals surface area contributed by atoms with Crippen LogP contribution in [-0.2, 0) is 0 Å². The standard InChI is InChI=1S/C13H17N3OS/c1-3-7-15-12(17)9-5-6-10-11(8-9)18-13(16-10)14-4-2/h5-6,8H,3-4,7H2,1-2H3,(H,14,16)(H,15,17). The predicted octanol–water partition coefficient (Wildman–Crippen LogP) is 2.87. The Balaban J connectivity index is 2.23. The quantitative estimate of drug-likeness (QED) is 0.872. The minimum atomic E-state index is -0.0165. The number of nitrogens with zero attached hydrogens (tertiary/aromatic N) is 1. The van der Waals surface area contributed by atoms with Crippen molar-refractivity contribution in [2.24, 2.45) is 0 Å². The molecule has 1 heterocycles. The van der Waals surface area contributed by atoms with Crippen molar-refractivity contribution in [3.63, 3.8) is 0 Å². The van der Waals surface area contributed by atoms with E-state index in [9.17, 15) is 4.79 Å². The number of fused-ring (bicyclic) bond motifs is 1. The summed E-state index contributed by atoms with van der Waals surface area (Å²) in [6.45, 7) is 5.64. The molecule has 0 saturated heterocycles. The average molecular weight is 263 g/mol. The fourth-order valence-electron chi connectivity index (χ4n) is 1.63. The van der Waals surface area contributed by atoms with E-state index in [0.717, 1.165) is 28.3 Å². The second-order valence-corrected chi connectivity index (χ2v) is 5.02. The molecule has 4 nitrogen and oxygen atoms in total. The Bertz CT molecular complexity index is 550. The van der Waals surface area contributed by atoms with Crippen LogP contribution >= 0.6 is 11.3 Å². The molecular weight excluding hydrogens is 246 g/mol. The molecule has 2 N–H and O–H groups in total. The lowest BCUT2D eigenvalue weighted by molar-refractivity contribution is 0.0954. The largest absolute Gasteiger partial charge is 0.362 e. The highest BCUT2D eigenvalue weighted by molar-refractivity contribution is 7.22. The molecule has 1 amide bonds. The topological polar surface area (TPSA) is 54.0 Å². The number of carbonyl (C=O) groups is 1. The molecular formula is C13H17N3OS. The summed E-state index contributed by atoms with van der Waals surface area (Å²) in [6.07, 6.45) is 0.944. The maximum absolute atomic E-state index is 11.8. The number of aromatic nitrogens is 1. The fraction of sp³-hybridized carbons (Fsp3) is 0.385. The summed E-state index contributed by atoms with van der Waals surface area (Å²) in [4.78, 5) is 16.3. The number of anilines is 1. The van der Waals surface area contributed by atoms with E-state index in [-0.39, 0.29) is 5.91 Å². The first kappa shape index (κ1) is 12.8. The molecule has 96 valence electrons. The zero-order chi connectivity index (χ0) is 13.0. The molecule has 0 aliphatic heterocycles. The van der Waals surface area contributed by atoms with Gasteiger partial charge in [-0.15, -0.1) is 0 Å². The Labute approximate surface area is 110 Å². The molecule has 5 heteroatoms. The van der Waals surface area contributed by atoms with Crippen molar-refractivity contribution in [2.45, 2.75) is 20.3 Å². The minimum Gasteiger partial charge on any atom is -0.362 e. The maximum Gasteiger partial charge on any atom is 0.251 e. The highest BCUT2D eigenvalue weighted by atomic mass is 32.1. The number of benzene rings is 1. The van der Waals surface area contributed by atoms with Gasteiger partial charge in [0, 0.05) is 18.7 Å². The minimum absolute atomic E-state index is 0.0165. The van der Waals surface area contributed by atoms with Crippen LogP contribution in [0.25, 0.3) is 10.2 Å². The molecule has 2 aromatic rings.